The molecule has 0 saturated heterocycles. The molecule has 2 aromatic carbocycles. The summed E-state index contributed by atoms with van der Waals surface area (Å²) in [6.07, 6.45) is -2.11. The molecule has 0 radical (unpaired) electrons. The second kappa shape index (κ2) is 19.5. The summed E-state index contributed by atoms with van der Waals surface area (Å²) in [4.78, 5) is 65.7. The molecule has 1 heterocycles. The molecule has 3 amide bonds. The fraction of sp³-hybridized carbons (Fsp3) is 0.371. The van der Waals surface area contributed by atoms with Gasteiger partial charge in [-0.25, -0.2) is 9.78 Å². The Morgan fingerprint density at radius 3 is 2.12 bits per heavy atom. The van der Waals surface area contributed by atoms with E-state index in [1.807, 2.05) is 42.5 Å². The van der Waals surface area contributed by atoms with Gasteiger partial charge in [0.1, 0.15) is 11.9 Å². The van der Waals surface area contributed by atoms with E-state index in [0.29, 0.717) is 50.2 Å². The van der Waals surface area contributed by atoms with Gasteiger partial charge in [-0.05, 0) is 60.9 Å². The number of esters is 2. The molecule has 2 atom stereocenters. The van der Waals surface area contributed by atoms with Crippen LogP contribution in [0.25, 0.3) is 11.1 Å². The number of unbranched alkanes of at least 4 members (excludes halogenated alkanes) is 2. The van der Waals surface area contributed by atoms with Crippen molar-refractivity contribution in [1.82, 2.24) is 20.9 Å². The zero-order valence-corrected chi connectivity index (χ0v) is 27.1. The zero-order valence-electron chi connectivity index (χ0n) is 27.1. The molecule has 0 bridgehead atoms. The number of halogens is 3. The van der Waals surface area contributed by atoms with Crippen LogP contribution in [0.5, 0.6) is 0 Å². The first kappa shape index (κ1) is 38.2. The Morgan fingerprint density at radius 1 is 0.796 bits per heavy atom. The fourth-order valence-electron chi connectivity index (χ4n) is 4.80. The molecular weight excluding hydrogens is 643 g/mol. The van der Waals surface area contributed by atoms with Gasteiger partial charge in [0, 0.05) is 32.6 Å². The van der Waals surface area contributed by atoms with E-state index in [2.05, 4.69) is 31.0 Å². The van der Waals surface area contributed by atoms with Gasteiger partial charge in [-0.3, -0.25) is 19.2 Å². The van der Waals surface area contributed by atoms with Crippen molar-refractivity contribution in [2.75, 3.05) is 18.4 Å². The van der Waals surface area contributed by atoms with Gasteiger partial charge in [0.2, 0.25) is 17.7 Å². The maximum atomic E-state index is 13.6. The quantitative estimate of drug-likeness (QED) is 0.0830. The summed E-state index contributed by atoms with van der Waals surface area (Å²) < 4.78 is 42.3. The average molecular weight is 684 g/mol. The maximum absolute atomic E-state index is 13.6. The highest BCUT2D eigenvalue weighted by atomic mass is 19.4. The van der Waals surface area contributed by atoms with Crippen LogP contribution >= 0.6 is 0 Å². The molecule has 11 nitrogen and oxygen atoms in total. The molecule has 0 aliphatic rings. The number of rotatable bonds is 18. The van der Waals surface area contributed by atoms with E-state index in [-0.39, 0.29) is 18.7 Å². The molecule has 3 aromatic rings. The molecule has 0 fully saturated rings. The predicted molar refractivity (Wildman–Crippen MR) is 176 cm³/mol. The number of nitrogens with zero attached hydrogens (tertiary/aromatic N) is 1. The number of carbonyl (C=O) groups excluding carboxylic acids is 5. The molecule has 4 N–H and O–H groups in total. The van der Waals surface area contributed by atoms with Crippen LogP contribution < -0.4 is 21.3 Å². The van der Waals surface area contributed by atoms with E-state index < -0.39 is 48.4 Å². The smallest absolute Gasteiger partial charge is 0.386 e. The Balaban J connectivity index is 1.71. The van der Waals surface area contributed by atoms with Crippen molar-refractivity contribution in [3.8, 4) is 11.1 Å². The minimum Gasteiger partial charge on any atom is -0.386 e. The van der Waals surface area contributed by atoms with Crippen LogP contribution in [-0.2, 0) is 28.7 Å². The summed E-state index contributed by atoms with van der Waals surface area (Å²) in [5, 5.41) is 11.2. The van der Waals surface area contributed by atoms with Crippen LogP contribution in [0.3, 0.4) is 0 Å². The van der Waals surface area contributed by atoms with E-state index in [1.54, 1.807) is 36.5 Å². The summed E-state index contributed by atoms with van der Waals surface area (Å²) in [7, 11) is 0. The van der Waals surface area contributed by atoms with Crippen LogP contribution in [-0.4, -0.2) is 60.0 Å². The first-order chi connectivity index (χ1) is 23.4. The van der Waals surface area contributed by atoms with Crippen LogP contribution in [0.4, 0.5) is 19.0 Å². The number of hydrogen-bond donors (Lipinski definition) is 4. The van der Waals surface area contributed by atoms with Gasteiger partial charge in [-0.2, -0.15) is 13.2 Å². The van der Waals surface area contributed by atoms with Crippen molar-refractivity contribution in [2.45, 2.75) is 70.1 Å². The van der Waals surface area contributed by atoms with E-state index >= 15 is 0 Å². The normalized spacial score (nSPS) is 12.2. The van der Waals surface area contributed by atoms with Gasteiger partial charge >= 0.3 is 18.1 Å². The lowest BCUT2D eigenvalue weighted by molar-refractivity contribution is -0.202. The molecule has 3 rings (SSSR count). The number of pyridine rings is 1. The molecule has 1 aromatic heterocycles. The van der Waals surface area contributed by atoms with Gasteiger partial charge in [-0.1, -0.05) is 60.7 Å². The van der Waals surface area contributed by atoms with Gasteiger partial charge < -0.3 is 26.0 Å². The van der Waals surface area contributed by atoms with Crippen LogP contribution in [0, 0.1) is 0 Å². The third-order valence-electron chi connectivity index (χ3n) is 7.29. The number of alkyl halides is 3. The lowest BCUT2D eigenvalue weighted by Gasteiger charge is -2.24. The standard InChI is InChI=1S/C35H40F3N5O6/c1-24(44)39-20-8-5-13-28(42-31(45)15-7-10-22-41-30-14-6-9-21-40-30)33(47)43-29(23-32(46)49-34(48)35(36,37)38)27-18-16-26(17-19-27)25-11-3-2-4-12-25/h2-4,6,9,11-12,14,16-19,21,28-29H,5,7-8,10,13,15,20,22-23H2,1H3,(H,39,44)(H,40,41)(H,42,45)(H,43,47)/t28-,29?/m0/s1. The van der Waals surface area contributed by atoms with Gasteiger partial charge in [0.25, 0.3) is 0 Å². The number of nitrogens with one attached hydrogen (secondary N) is 4. The second-order valence-corrected chi connectivity index (χ2v) is 11.2. The van der Waals surface area contributed by atoms with E-state index in [0.717, 1.165) is 11.1 Å². The third kappa shape index (κ3) is 14.2. The zero-order chi connectivity index (χ0) is 35.6. The molecule has 262 valence electrons. The van der Waals surface area contributed by atoms with E-state index in [9.17, 15) is 37.1 Å². The second-order valence-electron chi connectivity index (χ2n) is 11.2. The summed E-state index contributed by atoms with van der Waals surface area (Å²) in [6, 6.07) is 19.2. The minimum absolute atomic E-state index is 0.121. The summed E-state index contributed by atoms with van der Waals surface area (Å²) >= 11 is 0. The largest absolute Gasteiger partial charge is 0.491 e. The van der Waals surface area contributed by atoms with Crippen molar-refractivity contribution in [3.05, 3.63) is 84.6 Å². The number of anilines is 1. The SMILES string of the molecule is CC(=O)NCCCC[C@H](NC(=O)CCCCNc1ccccn1)C(=O)NC(CC(=O)OC(=O)C(F)(F)F)c1ccc(-c2ccccc2)cc1. The monoisotopic (exact) mass is 683 g/mol. The number of hydrogen-bond acceptors (Lipinski definition) is 8. The Kier molecular flexibility index (Phi) is 15.2. The highest BCUT2D eigenvalue weighted by Gasteiger charge is 2.42. The Bertz CT molecular complexity index is 1520. The summed E-state index contributed by atoms with van der Waals surface area (Å²) in [5.74, 6) is -4.73. The molecule has 0 aliphatic carbocycles. The Hall–Kier alpha value is -5.27. The fourth-order valence-corrected chi connectivity index (χ4v) is 4.80. The molecule has 1 unspecified atom stereocenters. The Labute approximate surface area is 282 Å². The molecular formula is C35H40F3N5O6. The molecule has 0 spiro atoms. The van der Waals surface area contributed by atoms with Crippen molar-refractivity contribution in [3.63, 3.8) is 0 Å². The average Bonchev–Trinajstić information content (AvgIpc) is 3.07. The summed E-state index contributed by atoms with van der Waals surface area (Å²) in [5.41, 5.74) is 2.06. The van der Waals surface area contributed by atoms with Crippen molar-refractivity contribution in [1.29, 1.82) is 0 Å². The topological polar surface area (TPSA) is 156 Å². The lowest BCUT2D eigenvalue weighted by Crippen LogP contribution is -2.48. The van der Waals surface area contributed by atoms with E-state index in [4.69, 9.17) is 0 Å². The molecule has 0 aliphatic heterocycles. The van der Waals surface area contributed by atoms with Crippen molar-refractivity contribution >= 4 is 35.5 Å². The highest BCUT2D eigenvalue weighted by Crippen LogP contribution is 2.25. The first-order valence-electron chi connectivity index (χ1n) is 15.9. The number of carbonyl (C=O) groups is 5. The molecule has 0 saturated carbocycles. The summed E-state index contributed by atoms with van der Waals surface area (Å²) in [6.45, 7) is 2.31. The van der Waals surface area contributed by atoms with Gasteiger partial charge in [0.15, 0.2) is 0 Å². The van der Waals surface area contributed by atoms with Crippen molar-refractivity contribution < 1.29 is 41.9 Å². The Morgan fingerprint density at radius 2 is 1.47 bits per heavy atom. The third-order valence-corrected chi connectivity index (χ3v) is 7.29. The number of amides is 3. The van der Waals surface area contributed by atoms with Gasteiger partial charge in [-0.15, -0.1) is 0 Å². The first-order valence-corrected chi connectivity index (χ1v) is 15.9. The number of ether oxygens (including phenoxy) is 1. The number of benzene rings is 2. The van der Waals surface area contributed by atoms with Crippen molar-refractivity contribution in [2.24, 2.45) is 0 Å². The van der Waals surface area contributed by atoms with Gasteiger partial charge in [0.05, 0.1) is 12.5 Å². The highest BCUT2D eigenvalue weighted by molar-refractivity contribution is 5.90. The maximum Gasteiger partial charge on any atom is 0.491 e. The lowest BCUT2D eigenvalue weighted by atomic mass is 9.98. The number of aromatic nitrogens is 1. The van der Waals surface area contributed by atoms with Crippen LogP contribution in [0.15, 0.2) is 79.0 Å². The minimum atomic E-state index is -5.38. The molecule has 49 heavy (non-hydrogen) atoms. The predicted octanol–water partition coefficient (Wildman–Crippen LogP) is 5.00. The van der Waals surface area contributed by atoms with Crippen LogP contribution in [0.2, 0.25) is 0 Å². The van der Waals surface area contributed by atoms with Crippen LogP contribution in [0.1, 0.15) is 63.5 Å². The molecule has 14 heteroatoms. The van der Waals surface area contributed by atoms with E-state index in [1.165, 1.54) is 6.92 Å².